The summed E-state index contributed by atoms with van der Waals surface area (Å²) in [5, 5.41) is -0.737. The molecular formula is C17H26O4S. The van der Waals surface area contributed by atoms with Crippen molar-refractivity contribution in [1.82, 2.24) is 0 Å². The standard InChI is InChI=1S/C17H26O4S/c1-13(2)10-20-17(21-11-14(3)4)12-22(18,19)16(17)15-8-6-5-7-9-15/h5-9,13-14,16H,10-12H2,1-4H3. The van der Waals surface area contributed by atoms with Crippen LogP contribution in [0.25, 0.3) is 0 Å². The van der Waals surface area contributed by atoms with Crippen molar-refractivity contribution >= 4 is 9.84 Å². The minimum Gasteiger partial charge on any atom is -0.347 e. The molecule has 0 N–H and O–H groups in total. The quantitative estimate of drug-likeness (QED) is 0.722. The monoisotopic (exact) mass is 326 g/mol. The molecule has 1 aliphatic rings. The number of sulfone groups is 1. The van der Waals surface area contributed by atoms with Crippen LogP contribution in [-0.4, -0.2) is 33.2 Å². The molecule has 0 amide bonds. The fraction of sp³-hybridized carbons (Fsp3) is 0.647. The normalized spacial score (nSPS) is 22.7. The Labute approximate surface area is 133 Å². The Balaban J connectivity index is 2.30. The van der Waals surface area contributed by atoms with Crippen molar-refractivity contribution in [2.24, 2.45) is 11.8 Å². The van der Waals surface area contributed by atoms with Crippen LogP contribution in [0.1, 0.15) is 38.5 Å². The third-order valence-electron chi connectivity index (χ3n) is 3.59. The largest absolute Gasteiger partial charge is 0.347 e. The molecule has 0 saturated carbocycles. The lowest BCUT2D eigenvalue weighted by atomic mass is 10.0. The minimum atomic E-state index is -3.23. The second kappa shape index (κ2) is 6.69. The molecule has 1 fully saturated rings. The molecule has 1 saturated heterocycles. The highest BCUT2D eigenvalue weighted by Crippen LogP contribution is 2.48. The molecule has 1 aromatic carbocycles. The van der Waals surface area contributed by atoms with Crippen molar-refractivity contribution in [3.05, 3.63) is 35.9 Å². The summed E-state index contributed by atoms with van der Waals surface area (Å²) in [6.07, 6.45) is 0. The summed E-state index contributed by atoms with van der Waals surface area (Å²) < 4.78 is 36.7. The Hall–Kier alpha value is -0.910. The Bertz CT molecular complexity index is 566. The minimum absolute atomic E-state index is 0.0704. The average Bonchev–Trinajstić information content (AvgIpc) is 2.42. The van der Waals surface area contributed by atoms with E-state index in [2.05, 4.69) is 0 Å². The van der Waals surface area contributed by atoms with Gasteiger partial charge in [0.15, 0.2) is 9.84 Å². The smallest absolute Gasteiger partial charge is 0.203 e. The molecule has 1 heterocycles. The SMILES string of the molecule is CC(C)COC1(OCC(C)C)CS(=O)(=O)C1c1ccccc1. The van der Waals surface area contributed by atoms with E-state index in [4.69, 9.17) is 9.47 Å². The summed E-state index contributed by atoms with van der Waals surface area (Å²) in [6, 6.07) is 9.22. The van der Waals surface area contributed by atoms with Gasteiger partial charge in [-0.3, -0.25) is 0 Å². The predicted octanol–water partition coefficient (Wildman–Crippen LogP) is 3.20. The van der Waals surface area contributed by atoms with E-state index in [1.165, 1.54) is 0 Å². The van der Waals surface area contributed by atoms with Gasteiger partial charge in [0.25, 0.3) is 0 Å². The van der Waals surface area contributed by atoms with Gasteiger partial charge in [-0.05, 0) is 17.4 Å². The first kappa shape index (κ1) is 17.4. The molecule has 1 aliphatic heterocycles. The number of rotatable bonds is 7. The number of hydrogen-bond donors (Lipinski definition) is 0. The maximum absolute atomic E-state index is 12.4. The van der Waals surface area contributed by atoms with Gasteiger partial charge in [0.1, 0.15) is 11.0 Å². The van der Waals surface area contributed by atoms with Crippen LogP contribution in [-0.2, 0) is 19.3 Å². The molecule has 22 heavy (non-hydrogen) atoms. The number of hydrogen-bond acceptors (Lipinski definition) is 4. The maximum Gasteiger partial charge on any atom is 0.203 e. The van der Waals surface area contributed by atoms with Gasteiger partial charge in [0.05, 0.1) is 13.2 Å². The van der Waals surface area contributed by atoms with Crippen LogP contribution >= 0.6 is 0 Å². The number of benzene rings is 1. The van der Waals surface area contributed by atoms with Crippen LogP contribution in [0, 0.1) is 11.8 Å². The summed E-state index contributed by atoms with van der Waals surface area (Å²) in [6.45, 7) is 9.14. The number of ether oxygens (including phenoxy) is 2. The first-order valence-corrected chi connectivity index (χ1v) is 9.53. The summed E-state index contributed by atoms with van der Waals surface area (Å²) in [5.41, 5.74) is 0.737. The fourth-order valence-corrected chi connectivity index (χ4v) is 4.70. The lowest BCUT2D eigenvalue weighted by molar-refractivity contribution is -0.243. The highest BCUT2D eigenvalue weighted by Gasteiger charge is 2.62. The van der Waals surface area contributed by atoms with Gasteiger partial charge in [0.2, 0.25) is 5.79 Å². The third-order valence-corrected chi connectivity index (χ3v) is 5.74. The molecule has 5 heteroatoms. The van der Waals surface area contributed by atoms with Gasteiger partial charge in [-0.25, -0.2) is 8.42 Å². The van der Waals surface area contributed by atoms with Gasteiger partial charge in [0, 0.05) is 0 Å². The van der Waals surface area contributed by atoms with Crippen LogP contribution in [0.2, 0.25) is 0 Å². The summed E-state index contributed by atoms with van der Waals surface area (Å²) in [5.74, 6) is -0.480. The molecule has 0 aliphatic carbocycles. The van der Waals surface area contributed by atoms with Gasteiger partial charge >= 0.3 is 0 Å². The molecule has 0 radical (unpaired) electrons. The van der Waals surface area contributed by atoms with Crippen molar-refractivity contribution < 1.29 is 17.9 Å². The van der Waals surface area contributed by atoms with Crippen molar-refractivity contribution in [2.45, 2.75) is 38.7 Å². The molecule has 0 spiro atoms. The summed E-state index contributed by atoms with van der Waals surface area (Å²) in [7, 11) is -3.23. The van der Waals surface area contributed by atoms with Crippen LogP contribution in [0.4, 0.5) is 0 Å². The van der Waals surface area contributed by atoms with E-state index < -0.39 is 20.9 Å². The molecule has 1 atom stereocenters. The molecule has 4 nitrogen and oxygen atoms in total. The van der Waals surface area contributed by atoms with Gasteiger partial charge in [-0.15, -0.1) is 0 Å². The van der Waals surface area contributed by atoms with Crippen LogP contribution in [0.5, 0.6) is 0 Å². The average molecular weight is 326 g/mol. The molecule has 2 rings (SSSR count). The summed E-state index contributed by atoms with van der Waals surface area (Å²) in [4.78, 5) is 0. The van der Waals surface area contributed by atoms with E-state index in [1.54, 1.807) is 0 Å². The highest BCUT2D eigenvalue weighted by atomic mass is 32.2. The van der Waals surface area contributed by atoms with E-state index in [-0.39, 0.29) is 5.75 Å². The lowest BCUT2D eigenvalue weighted by Crippen LogP contribution is -2.61. The lowest BCUT2D eigenvalue weighted by Gasteiger charge is -2.48. The summed E-state index contributed by atoms with van der Waals surface area (Å²) >= 11 is 0. The van der Waals surface area contributed by atoms with Crippen LogP contribution < -0.4 is 0 Å². The Kier molecular flexibility index (Phi) is 5.30. The molecule has 0 bridgehead atoms. The molecule has 1 unspecified atom stereocenters. The van der Waals surface area contributed by atoms with Crippen LogP contribution in [0.3, 0.4) is 0 Å². The first-order valence-electron chi connectivity index (χ1n) is 7.81. The zero-order valence-electron chi connectivity index (χ0n) is 13.8. The zero-order valence-corrected chi connectivity index (χ0v) is 14.6. The second-order valence-corrected chi connectivity index (χ2v) is 8.91. The zero-order chi connectivity index (χ0) is 16.4. The van der Waals surface area contributed by atoms with Crippen molar-refractivity contribution in [3.63, 3.8) is 0 Å². The molecule has 0 aromatic heterocycles. The molecule has 124 valence electrons. The fourth-order valence-electron chi connectivity index (χ4n) is 2.59. The van der Waals surface area contributed by atoms with Crippen molar-refractivity contribution in [2.75, 3.05) is 19.0 Å². The van der Waals surface area contributed by atoms with Gasteiger partial charge in [-0.1, -0.05) is 58.0 Å². The van der Waals surface area contributed by atoms with E-state index in [9.17, 15) is 8.42 Å². The molecule has 1 aromatic rings. The first-order chi connectivity index (χ1) is 10.3. The van der Waals surface area contributed by atoms with Crippen molar-refractivity contribution in [1.29, 1.82) is 0 Å². The Morgan fingerprint density at radius 1 is 1.05 bits per heavy atom. The maximum atomic E-state index is 12.4. The van der Waals surface area contributed by atoms with E-state index in [0.29, 0.717) is 25.0 Å². The van der Waals surface area contributed by atoms with E-state index >= 15 is 0 Å². The third kappa shape index (κ3) is 3.70. The Morgan fingerprint density at radius 2 is 1.55 bits per heavy atom. The Morgan fingerprint density at radius 3 is 1.95 bits per heavy atom. The van der Waals surface area contributed by atoms with Gasteiger partial charge < -0.3 is 9.47 Å². The van der Waals surface area contributed by atoms with Gasteiger partial charge in [-0.2, -0.15) is 0 Å². The van der Waals surface area contributed by atoms with Crippen molar-refractivity contribution in [3.8, 4) is 0 Å². The van der Waals surface area contributed by atoms with E-state index in [0.717, 1.165) is 5.56 Å². The highest BCUT2D eigenvalue weighted by molar-refractivity contribution is 7.93. The topological polar surface area (TPSA) is 52.6 Å². The van der Waals surface area contributed by atoms with Crippen LogP contribution in [0.15, 0.2) is 30.3 Å². The predicted molar refractivity (Wildman–Crippen MR) is 87.3 cm³/mol. The molecular weight excluding hydrogens is 300 g/mol. The second-order valence-electron chi connectivity index (χ2n) is 6.82. The van der Waals surface area contributed by atoms with E-state index in [1.807, 2.05) is 58.0 Å².